The summed E-state index contributed by atoms with van der Waals surface area (Å²) in [5.41, 5.74) is 0.833. The minimum atomic E-state index is -0.287. The van der Waals surface area contributed by atoms with Gasteiger partial charge in [0.05, 0.1) is 19.1 Å². The Morgan fingerprint density at radius 3 is 2.68 bits per heavy atom. The van der Waals surface area contributed by atoms with Crippen LogP contribution in [0.25, 0.3) is 0 Å². The molecule has 1 saturated heterocycles. The lowest BCUT2D eigenvalue weighted by Gasteiger charge is -2.32. The van der Waals surface area contributed by atoms with Crippen LogP contribution in [0.3, 0.4) is 0 Å². The van der Waals surface area contributed by atoms with Crippen LogP contribution in [0, 0.1) is 12.7 Å². The zero-order valence-corrected chi connectivity index (χ0v) is 14.3. The summed E-state index contributed by atoms with van der Waals surface area (Å²) in [4.78, 5) is 18.3. The molecular weight excluding hydrogens is 325 g/mol. The normalized spacial score (nSPS) is 15.5. The highest BCUT2D eigenvalue weighted by Crippen LogP contribution is 2.16. The van der Waals surface area contributed by atoms with Crippen molar-refractivity contribution in [3.63, 3.8) is 0 Å². The standard InChI is InChI=1S/C18H22FN3O3/c1-13-20-17(21-25-13)8-11-24-16-6-9-22(10-7-16)18(23)12-14-2-4-15(19)5-3-14/h2-5,16H,6-12H2,1H3. The van der Waals surface area contributed by atoms with Crippen LogP contribution in [-0.4, -0.2) is 46.7 Å². The fourth-order valence-electron chi connectivity index (χ4n) is 2.92. The number of nitrogens with zero attached hydrogens (tertiary/aromatic N) is 3. The summed E-state index contributed by atoms with van der Waals surface area (Å²) in [6.45, 7) is 3.68. The van der Waals surface area contributed by atoms with Crippen LogP contribution < -0.4 is 0 Å². The van der Waals surface area contributed by atoms with Gasteiger partial charge in [-0.2, -0.15) is 4.98 Å². The van der Waals surface area contributed by atoms with Gasteiger partial charge >= 0.3 is 0 Å². The zero-order chi connectivity index (χ0) is 17.6. The van der Waals surface area contributed by atoms with E-state index < -0.39 is 0 Å². The van der Waals surface area contributed by atoms with Crippen LogP contribution in [0.1, 0.15) is 30.1 Å². The first kappa shape index (κ1) is 17.5. The highest BCUT2D eigenvalue weighted by molar-refractivity contribution is 5.78. The molecule has 0 saturated carbocycles. The van der Waals surface area contributed by atoms with Crippen molar-refractivity contribution < 1.29 is 18.4 Å². The summed E-state index contributed by atoms with van der Waals surface area (Å²) in [5, 5.41) is 3.84. The van der Waals surface area contributed by atoms with Gasteiger partial charge < -0.3 is 14.2 Å². The van der Waals surface area contributed by atoms with E-state index in [0.717, 1.165) is 18.4 Å². The number of benzene rings is 1. The minimum Gasteiger partial charge on any atom is -0.378 e. The van der Waals surface area contributed by atoms with Crippen molar-refractivity contribution in [2.24, 2.45) is 0 Å². The summed E-state index contributed by atoms with van der Waals surface area (Å²) in [5.74, 6) is 1.00. The maximum atomic E-state index is 12.9. The van der Waals surface area contributed by atoms with Crippen molar-refractivity contribution in [1.29, 1.82) is 0 Å². The van der Waals surface area contributed by atoms with E-state index in [2.05, 4.69) is 10.1 Å². The minimum absolute atomic E-state index is 0.0762. The Kier molecular flexibility index (Phi) is 5.75. The molecule has 2 aromatic rings. The molecule has 7 heteroatoms. The number of halogens is 1. The molecule has 1 aromatic heterocycles. The molecule has 0 bridgehead atoms. The Hall–Kier alpha value is -2.28. The Labute approximate surface area is 146 Å². The molecule has 3 rings (SSSR count). The number of hydrogen-bond acceptors (Lipinski definition) is 5. The molecule has 1 aliphatic rings. The second-order valence-corrected chi connectivity index (χ2v) is 6.23. The van der Waals surface area contributed by atoms with Gasteiger partial charge in [0.25, 0.3) is 0 Å². The van der Waals surface area contributed by atoms with E-state index in [1.54, 1.807) is 19.1 Å². The summed E-state index contributed by atoms with van der Waals surface area (Å²) in [6.07, 6.45) is 2.73. The number of hydrogen-bond donors (Lipinski definition) is 0. The topological polar surface area (TPSA) is 68.5 Å². The van der Waals surface area contributed by atoms with Crippen molar-refractivity contribution in [2.75, 3.05) is 19.7 Å². The first-order valence-electron chi connectivity index (χ1n) is 8.53. The molecule has 0 spiro atoms. The number of carbonyl (C=O) groups excluding carboxylic acids is 1. The molecule has 6 nitrogen and oxygen atoms in total. The Balaban J connectivity index is 1.37. The average molecular weight is 347 g/mol. The quantitative estimate of drug-likeness (QED) is 0.802. The van der Waals surface area contributed by atoms with Crippen LogP contribution in [0.2, 0.25) is 0 Å². The van der Waals surface area contributed by atoms with Gasteiger partial charge in [0, 0.05) is 26.4 Å². The Morgan fingerprint density at radius 1 is 1.32 bits per heavy atom. The molecule has 2 heterocycles. The smallest absolute Gasteiger partial charge is 0.226 e. The highest BCUT2D eigenvalue weighted by Gasteiger charge is 2.23. The van der Waals surface area contributed by atoms with Crippen molar-refractivity contribution in [3.05, 3.63) is 47.4 Å². The third kappa shape index (κ3) is 5.09. The lowest BCUT2D eigenvalue weighted by atomic mass is 10.1. The van der Waals surface area contributed by atoms with E-state index in [9.17, 15) is 9.18 Å². The SMILES string of the molecule is Cc1nc(CCOC2CCN(C(=O)Cc3ccc(F)cc3)CC2)no1. The lowest BCUT2D eigenvalue weighted by Crippen LogP contribution is -2.41. The van der Waals surface area contributed by atoms with Gasteiger partial charge in [0.2, 0.25) is 11.8 Å². The first-order valence-corrected chi connectivity index (χ1v) is 8.53. The van der Waals surface area contributed by atoms with E-state index in [1.165, 1.54) is 12.1 Å². The molecule has 1 amide bonds. The third-order valence-corrected chi connectivity index (χ3v) is 4.31. The molecule has 25 heavy (non-hydrogen) atoms. The zero-order valence-electron chi connectivity index (χ0n) is 14.3. The van der Waals surface area contributed by atoms with Gasteiger partial charge in [-0.3, -0.25) is 4.79 Å². The highest BCUT2D eigenvalue weighted by atomic mass is 19.1. The van der Waals surface area contributed by atoms with Crippen LogP contribution >= 0.6 is 0 Å². The van der Waals surface area contributed by atoms with Crippen LogP contribution in [0.4, 0.5) is 4.39 Å². The number of likely N-dealkylation sites (tertiary alicyclic amines) is 1. The second-order valence-electron chi connectivity index (χ2n) is 6.23. The molecule has 1 fully saturated rings. The van der Waals surface area contributed by atoms with E-state index in [1.807, 2.05) is 4.90 Å². The van der Waals surface area contributed by atoms with Crippen LogP contribution in [-0.2, 0) is 22.4 Å². The summed E-state index contributed by atoms with van der Waals surface area (Å²) in [7, 11) is 0. The first-order chi connectivity index (χ1) is 12.1. The van der Waals surface area contributed by atoms with E-state index >= 15 is 0 Å². The molecule has 0 aliphatic carbocycles. The van der Waals surface area contributed by atoms with Gasteiger partial charge in [-0.15, -0.1) is 0 Å². The summed E-state index contributed by atoms with van der Waals surface area (Å²) < 4.78 is 23.7. The van der Waals surface area contributed by atoms with Gasteiger partial charge in [-0.05, 0) is 30.5 Å². The van der Waals surface area contributed by atoms with Crippen molar-refractivity contribution >= 4 is 5.91 Å². The number of amides is 1. The van der Waals surface area contributed by atoms with Crippen LogP contribution in [0.5, 0.6) is 0 Å². The number of aromatic nitrogens is 2. The maximum absolute atomic E-state index is 12.9. The Morgan fingerprint density at radius 2 is 2.04 bits per heavy atom. The second kappa shape index (κ2) is 8.20. The third-order valence-electron chi connectivity index (χ3n) is 4.31. The molecule has 0 radical (unpaired) electrons. The number of ether oxygens (including phenoxy) is 1. The van der Waals surface area contributed by atoms with Gasteiger partial charge in [-0.25, -0.2) is 4.39 Å². The summed E-state index contributed by atoms with van der Waals surface area (Å²) >= 11 is 0. The number of piperidine rings is 1. The molecule has 0 N–H and O–H groups in total. The molecule has 134 valence electrons. The summed E-state index contributed by atoms with van der Waals surface area (Å²) in [6, 6.07) is 6.08. The lowest BCUT2D eigenvalue weighted by molar-refractivity contribution is -0.133. The van der Waals surface area contributed by atoms with Gasteiger partial charge in [0.15, 0.2) is 5.82 Å². The van der Waals surface area contributed by atoms with Crippen molar-refractivity contribution in [2.45, 2.75) is 38.7 Å². The molecule has 0 unspecified atom stereocenters. The van der Waals surface area contributed by atoms with E-state index in [-0.39, 0.29) is 17.8 Å². The number of aryl methyl sites for hydroxylation is 1. The molecule has 1 aliphatic heterocycles. The van der Waals surface area contributed by atoms with Gasteiger partial charge in [0.1, 0.15) is 5.82 Å². The van der Waals surface area contributed by atoms with Crippen LogP contribution in [0.15, 0.2) is 28.8 Å². The predicted octanol–water partition coefficient (Wildman–Crippen LogP) is 2.31. The molecular formula is C18H22FN3O3. The van der Waals surface area contributed by atoms with E-state index in [0.29, 0.717) is 44.3 Å². The largest absolute Gasteiger partial charge is 0.378 e. The van der Waals surface area contributed by atoms with Gasteiger partial charge in [-0.1, -0.05) is 17.3 Å². The molecule has 0 atom stereocenters. The number of rotatable bonds is 6. The monoisotopic (exact) mass is 347 g/mol. The fourth-order valence-corrected chi connectivity index (χ4v) is 2.92. The van der Waals surface area contributed by atoms with Crippen molar-refractivity contribution in [3.8, 4) is 0 Å². The fraction of sp³-hybridized carbons (Fsp3) is 0.500. The average Bonchev–Trinajstić information content (AvgIpc) is 3.03. The van der Waals surface area contributed by atoms with E-state index in [4.69, 9.17) is 9.26 Å². The number of carbonyl (C=O) groups is 1. The molecule has 1 aromatic carbocycles. The Bertz CT molecular complexity index is 694. The predicted molar refractivity (Wildman–Crippen MR) is 88.4 cm³/mol. The maximum Gasteiger partial charge on any atom is 0.226 e. The van der Waals surface area contributed by atoms with Crippen molar-refractivity contribution in [1.82, 2.24) is 15.0 Å².